The highest BCUT2D eigenvalue weighted by Crippen LogP contribution is 2.30. The van der Waals surface area contributed by atoms with Crippen LogP contribution in [0.25, 0.3) is 10.9 Å². The molecular formula is C29H30F2N6O4. The fourth-order valence-electron chi connectivity index (χ4n) is 4.50. The summed E-state index contributed by atoms with van der Waals surface area (Å²) in [5, 5.41) is 6.44. The van der Waals surface area contributed by atoms with Gasteiger partial charge in [0.05, 0.1) is 18.3 Å². The Bertz CT molecular complexity index is 1510. The van der Waals surface area contributed by atoms with Gasteiger partial charge in [-0.1, -0.05) is 6.07 Å². The quantitative estimate of drug-likeness (QED) is 0.258. The third kappa shape index (κ3) is 6.77. The summed E-state index contributed by atoms with van der Waals surface area (Å²) in [5.74, 6) is 0.175. The highest BCUT2D eigenvalue weighted by molar-refractivity contribution is 5.91. The molecule has 0 bridgehead atoms. The van der Waals surface area contributed by atoms with Gasteiger partial charge in [-0.2, -0.15) is 0 Å². The second kappa shape index (κ2) is 12.7. The van der Waals surface area contributed by atoms with Crippen molar-refractivity contribution in [1.82, 2.24) is 19.9 Å². The van der Waals surface area contributed by atoms with Crippen LogP contribution in [-0.2, 0) is 4.74 Å². The summed E-state index contributed by atoms with van der Waals surface area (Å²) < 4.78 is 44.7. The molecule has 2 amide bonds. The Morgan fingerprint density at radius 3 is 2.56 bits per heavy atom. The summed E-state index contributed by atoms with van der Waals surface area (Å²) in [4.78, 5) is 27.0. The lowest BCUT2D eigenvalue weighted by Crippen LogP contribution is -2.44. The molecule has 10 nitrogen and oxygen atoms in total. The number of para-hydroxylation sites is 1. The number of aryl methyl sites for hydroxylation is 1. The van der Waals surface area contributed by atoms with Gasteiger partial charge >= 0.3 is 6.03 Å². The number of fused-ring (bicyclic) bond motifs is 1. The molecule has 1 aliphatic heterocycles. The maximum Gasteiger partial charge on any atom is 0.322 e. The van der Waals surface area contributed by atoms with Crippen LogP contribution in [0.3, 0.4) is 0 Å². The minimum atomic E-state index is -0.813. The van der Waals surface area contributed by atoms with E-state index in [0.717, 1.165) is 34.5 Å². The van der Waals surface area contributed by atoms with E-state index in [2.05, 4.69) is 25.6 Å². The third-order valence-corrected chi connectivity index (χ3v) is 6.69. The van der Waals surface area contributed by atoms with E-state index in [1.807, 2.05) is 25.1 Å². The van der Waals surface area contributed by atoms with E-state index in [1.165, 1.54) is 17.3 Å². The molecule has 5 rings (SSSR count). The van der Waals surface area contributed by atoms with E-state index < -0.39 is 23.4 Å². The molecule has 1 saturated heterocycles. The first-order valence-electron chi connectivity index (χ1n) is 13.2. The zero-order valence-electron chi connectivity index (χ0n) is 22.7. The maximum atomic E-state index is 13.9. The Balaban J connectivity index is 1.18. The number of piperidine rings is 1. The minimum absolute atomic E-state index is 0.100. The van der Waals surface area contributed by atoms with Gasteiger partial charge in [0, 0.05) is 50.2 Å². The number of aromatic nitrogens is 3. The first kappa shape index (κ1) is 28.0. The van der Waals surface area contributed by atoms with Gasteiger partial charge in [0.2, 0.25) is 5.88 Å². The Labute approximate surface area is 235 Å². The fraction of sp³-hybridized carbons (Fsp3) is 0.310. The predicted molar refractivity (Wildman–Crippen MR) is 150 cm³/mol. The number of amides is 2. The van der Waals surface area contributed by atoms with Gasteiger partial charge in [-0.3, -0.25) is 0 Å². The molecular weight excluding hydrogens is 534 g/mol. The number of anilines is 3. The summed E-state index contributed by atoms with van der Waals surface area (Å²) in [6, 6.07) is 10.5. The van der Waals surface area contributed by atoms with Crippen LogP contribution >= 0.6 is 0 Å². The average molecular weight is 565 g/mol. The van der Waals surface area contributed by atoms with Crippen LogP contribution in [0.5, 0.6) is 11.6 Å². The Hall–Kier alpha value is -4.58. The number of likely N-dealkylation sites (tertiary alicyclic amines) is 1. The first-order chi connectivity index (χ1) is 19.9. The monoisotopic (exact) mass is 564 g/mol. The topological polar surface area (TPSA) is 111 Å². The number of urea groups is 1. The van der Waals surface area contributed by atoms with Gasteiger partial charge < -0.3 is 29.7 Å². The van der Waals surface area contributed by atoms with E-state index in [9.17, 15) is 13.6 Å². The fourth-order valence-corrected chi connectivity index (χ4v) is 4.50. The van der Waals surface area contributed by atoms with Crippen LogP contribution in [0.15, 0.2) is 55.0 Å². The number of methoxy groups -OCH3 is 1. The van der Waals surface area contributed by atoms with Crippen molar-refractivity contribution in [3.8, 4) is 11.6 Å². The molecule has 1 aliphatic rings. The van der Waals surface area contributed by atoms with Crippen LogP contribution in [0.2, 0.25) is 0 Å². The van der Waals surface area contributed by atoms with Gasteiger partial charge in [-0.15, -0.1) is 0 Å². The largest absolute Gasteiger partial charge is 0.490 e. The number of benzene rings is 2. The highest BCUT2D eigenvalue weighted by Gasteiger charge is 2.25. The lowest BCUT2D eigenvalue weighted by molar-refractivity contribution is 0.115. The number of carbonyl (C=O) groups excluding carboxylic acids is 1. The molecule has 41 heavy (non-hydrogen) atoms. The molecule has 12 heteroatoms. The Morgan fingerprint density at radius 1 is 1.05 bits per heavy atom. The highest BCUT2D eigenvalue weighted by atomic mass is 19.1. The Kier molecular flexibility index (Phi) is 8.68. The lowest BCUT2D eigenvalue weighted by Gasteiger charge is -2.32. The molecule has 0 atom stereocenters. The van der Waals surface area contributed by atoms with E-state index >= 15 is 0 Å². The number of nitrogens with zero attached hydrogens (tertiary/aromatic N) is 4. The summed E-state index contributed by atoms with van der Waals surface area (Å²) in [7, 11) is 1.61. The summed E-state index contributed by atoms with van der Waals surface area (Å²) in [6.45, 7) is 3.59. The number of pyridine rings is 1. The van der Waals surface area contributed by atoms with E-state index in [-0.39, 0.29) is 6.10 Å². The third-order valence-electron chi connectivity index (χ3n) is 6.69. The molecule has 2 aromatic heterocycles. The smallest absolute Gasteiger partial charge is 0.322 e. The van der Waals surface area contributed by atoms with Crippen molar-refractivity contribution in [2.45, 2.75) is 25.9 Å². The molecule has 2 N–H and O–H groups in total. The maximum absolute atomic E-state index is 13.9. The molecule has 2 aromatic carbocycles. The van der Waals surface area contributed by atoms with Crippen molar-refractivity contribution in [3.05, 3.63) is 72.2 Å². The van der Waals surface area contributed by atoms with Gasteiger partial charge in [0.25, 0.3) is 0 Å². The summed E-state index contributed by atoms with van der Waals surface area (Å²) in [5.41, 5.74) is 1.98. The van der Waals surface area contributed by atoms with Gasteiger partial charge in [0.1, 0.15) is 47.9 Å². The number of nitrogens with one attached hydrogen (secondary N) is 2. The van der Waals surface area contributed by atoms with E-state index in [1.54, 1.807) is 19.4 Å². The summed E-state index contributed by atoms with van der Waals surface area (Å²) >= 11 is 0. The minimum Gasteiger partial charge on any atom is -0.490 e. The van der Waals surface area contributed by atoms with Crippen LogP contribution < -0.4 is 20.1 Å². The van der Waals surface area contributed by atoms with Gasteiger partial charge in [-0.25, -0.2) is 28.5 Å². The normalized spacial score (nSPS) is 13.7. The molecule has 0 radical (unpaired) electrons. The standard InChI is InChI=1S/C29H30F2N6O4/c1-18-14-19(35-28-21-15-26(40-13-12-39-2)32-16-24(21)33-17-34-28)6-7-25(18)41-20-8-10-37(11-9-20)29(38)36-27-22(30)4-3-5-23(27)31/h3-7,14-17,20H,8-13H2,1-2H3,(H,36,38)(H,33,34,35). The van der Waals surface area contributed by atoms with Gasteiger partial charge in [0.15, 0.2) is 0 Å². The number of hydrogen-bond donors (Lipinski definition) is 2. The van der Waals surface area contributed by atoms with Crippen LogP contribution in [0.1, 0.15) is 18.4 Å². The number of rotatable bonds is 9. The molecule has 0 aliphatic carbocycles. The number of carbonyl (C=O) groups is 1. The number of halogens is 2. The molecule has 0 unspecified atom stereocenters. The lowest BCUT2D eigenvalue weighted by atomic mass is 10.1. The zero-order valence-corrected chi connectivity index (χ0v) is 22.7. The second-order valence-electron chi connectivity index (χ2n) is 9.54. The van der Waals surface area contributed by atoms with E-state index in [4.69, 9.17) is 14.2 Å². The van der Waals surface area contributed by atoms with Crippen LogP contribution in [0, 0.1) is 18.6 Å². The molecule has 214 valence electrons. The predicted octanol–water partition coefficient (Wildman–Crippen LogP) is 5.46. The molecule has 0 saturated carbocycles. The van der Waals surface area contributed by atoms with Crippen molar-refractivity contribution >= 4 is 34.1 Å². The molecule has 0 spiro atoms. The van der Waals surface area contributed by atoms with Crippen molar-refractivity contribution < 1.29 is 27.8 Å². The average Bonchev–Trinajstić information content (AvgIpc) is 2.97. The molecule has 1 fully saturated rings. The number of hydrogen-bond acceptors (Lipinski definition) is 8. The molecule has 4 aromatic rings. The van der Waals surface area contributed by atoms with Crippen molar-refractivity contribution in [2.75, 3.05) is 44.0 Å². The zero-order chi connectivity index (χ0) is 28.8. The Morgan fingerprint density at radius 2 is 1.83 bits per heavy atom. The van der Waals surface area contributed by atoms with Crippen LogP contribution in [-0.4, -0.2) is 65.4 Å². The SMILES string of the molecule is COCCOc1cc2c(Nc3ccc(OC4CCN(C(=O)Nc5c(F)cccc5F)CC4)c(C)c3)ncnc2cn1. The summed E-state index contributed by atoms with van der Waals surface area (Å²) in [6.07, 6.45) is 4.18. The number of ether oxygens (including phenoxy) is 3. The van der Waals surface area contributed by atoms with Crippen molar-refractivity contribution in [2.24, 2.45) is 0 Å². The van der Waals surface area contributed by atoms with Crippen LogP contribution in [0.4, 0.5) is 30.8 Å². The second-order valence-corrected chi connectivity index (χ2v) is 9.54. The van der Waals surface area contributed by atoms with Gasteiger partial charge in [-0.05, 0) is 42.8 Å². The first-order valence-corrected chi connectivity index (χ1v) is 13.2. The van der Waals surface area contributed by atoms with Crippen molar-refractivity contribution in [3.63, 3.8) is 0 Å². The van der Waals surface area contributed by atoms with E-state index in [0.29, 0.717) is 56.4 Å². The van der Waals surface area contributed by atoms with Crippen molar-refractivity contribution in [1.29, 1.82) is 0 Å². The molecule has 3 heterocycles.